The maximum atomic E-state index is 10.5. The Morgan fingerprint density at radius 3 is 2.67 bits per heavy atom. The monoisotopic (exact) mass is 245 g/mol. The van der Waals surface area contributed by atoms with E-state index < -0.39 is 5.97 Å². The van der Waals surface area contributed by atoms with Gasteiger partial charge in [-0.15, -0.1) is 5.10 Å². The van der Waals surface area contributed by atoms with Crippen LogP contribution in [0.25, 0.3) is 11.3 Å². The highest BCUT2D eigenvalue weighted by Gasteiger charge is 2.05. The molecule has 0 fully saturated rings. The molecule has 94 valence electrons. The minimum atomic E-state index is -0.771. The molecule has 0 aliphatic heterocycles. The van der Waals surface area contributed by atoms with Crippen molar-refractivity contribution in [1.29, 1.82) is 0 Å². The smallest absolute Gasteiger partial charge is 0.303 e. The molecule has 0 amide bonds. The van der Waals surface area contributed by atoms with E-state index in [-0.39, 0.29) is 6.42 Å². The molecule has 5 nitrogen and oxygen atoms in total. The molecule has 1 N–H and O–H groups in total. The lowest BCUT2D eigenvalue weighted by Crippen LogP contribution is -2.00. The summed E-state index contributed by atoms with van der Waals surface area (Å²) in [6.07, 6.45) is 2.45. The molecule has 0 unspecified atom stereocenters. The van der Waals surface area contributed by atoms with Gasteiger partial charge in [-0.05, 0) is 18.9 Å². The van der Waals surface area contributed by atoms with Gasteiger partial charge in [0.15, 0.2) is 0 Å². The molecule has 1 heterocycles. The number of hydrogen-bond donors (Lipinski definition) is 1. The van der Waals surface area contributed by atoms with Crippen molar-refractivity contribution < 1.29 is 9.90 Å². The second-order valence-electron chi connectivity index (χ2n) is 4.03. The van der Waals surface area contributed by atoms with Gasteiger partial charge in [0.2, 0.25) is 0 Å². The molecule has 2 aromatic rings. The fraction of sp³-hybridized carbons (Fsp3) is 0.308. The number of aliphatic carboxylic acids is 1. The van der Waals surface area contributed by atoms with Crippen LogP contribution in [-0.2, 0) is 17.8 Å². The van der Waals surface area contributed by atoms with Crippen molar-refractivity contribution in [2.75, 3.05) is 0 Å². The Morgan fingerprint density at radius 1 is 1.33 bits per heavy atom. The summed E-state index contributed by atoms with van der Waals surface area (Å²) in [7, 11) is 0. The van der Waals surface area contributed by atoms with E-state index in [9.17, 15) is 4.79 Å². The second-order valence-corrected chi connectivity index (χ2v) is 4.03. The highest BCUT2D eigenvalue weighted by molar-refractivity contribution is 5.67. The minimum Gasteiger partial charge on any atom is -0.481 e. The fourth-order valence-electron chi connectivity index (χ4n) is 1.81. The molecule has 0 saturated carbocycles. The molecule has 0 saturated heterocycles. The van der Waals surface area contributed by atoms with Crippen LogP contribution in [0.3, 0.4) is 0 Å². The molecule has 0 bridgehead atoms. The summed E-state index contributed by atoms with van der Waals surface area (Å²) in [5, 5.41) is 16.5. The molecular weight excluding hydrogens is 230 g/mol. The Kier molecular flexibility index (Phi) is 3.72. The standard InChI is InChI=1S/C13H15N3O2/c1-2-16-12(9-14-15-16)11-6-3-10(4-7-11)5-8-13(17)18/h3-4,6-7,9H,2,5,8H2,1H3,(H,17,18). The van der Waals surface area contributed by atoms with Crippen LogP contribution in [0, 0.1) is 0 Å². The highest BCUT2D eigenvalue weighted by atomic mass is 16.4. The van der Waals surface area contributed by atoms with E-state index in [0.29, 0.717) is 6.42 Å². The molecular formula is C13H15N3O2. The first-order valence-corrected chi connectivity index (χ1v) is 5.90. The Hall–Kier alpha value is -2.17. The van der Waals surface area contributed by atoms with E-state index in [2.05, 4.69) is 10.3 Å². The van der Waals surface area contributed by atoms with Crippen LogP contribution in [0.4, 0.5) is 0 Å². The van der Waals surface area contributed by atoms with Crippen LogP contribution in [0.15, 0.2) is 30.5 Å². The van der Waals surface area contributed by atoms with Crippen molar-refractivity contribution in [3.8, 4) is 11.3 Å². The zero-order valence-electron chi connectivity index (χ0n) is 10.2. The molecule has 0 radical (unpaired) electrons. The highest BCUT2D eigenvalue weighted by Crippen LogP contribution is 2.19. The van der Waals surface area contributed by atoms with Gasteiger partial charge in [0.1, 0.15) is 0 Å². The minimum absolute atomic E-state index is 0.161. The molecule has 0 aliphatic rings. The zero-order valence-corrected chi connectivity index (χ0v) is 10.2. The summed E-state index contributed by atoms with van der Waals surface area (Å²) in [4.78, 5) is 10.5. The predicted octanol–water partition coefficient (Wildman–Crippen LogP) is 1.98. The van der Waals surface area contributed by atoms with Gasteiger partial charge in [-0.25, -0.2) is 4.68 Å². The lowest BCUT2D eigenvalue weighted by atomic mass is 10.1. The lowest BCUT2D eigenvalue weighted by molar-refractivity contribution is -0.136. The molecule has 5 heteroatoms. The summed E-state index contributed by atoms with van der Waals surface area (Å²) < 4.78 is 1.83. The maximum absolute atomic E-state index is 10.5. The van der Waals surface area contributed by atoms with Crippen LogP contribution in [-0.4, -0.2) is 26.1 Å². The molecule has 18 heavy (non-hydrogen) atoms. The molecule has 1 aromatic heterocycles. The number of aromatic nitrogens is 3. The number of carboxylic acid groups (broad SMARTS) is 1. The number of hydrogen-bond acceptors (Lipinski definition) is 3. The van der Waals surface area contributed by atoms with Crippen LogP contribution in [0.1, 0.15) is 18.9 Å². The Labute approximate surface area is 105 Å². The first-order chi connectivity index (χ1) is 8.70. The van der Waals surface area contributed by atoms with Gasteiger partial charge in [-0.1, -0.05) is 29.5 Å². The molecule has 0 spiro atoms. The number of carbonyl (C=O) groups is 1. The maximum Gasteiger partial charge on any atom is 0.303 e. The van der Waals surface area contributed by atoms with Crippen LogP contribution < -0.4 is 0 Å². The van der Waals surface area contributed by atoms with Gasteiger partial charge >= 0.3 is 5.97 Å². The fourth-order valence-corrected chi connectivity index (χ4v) is 1.81. The van der Waals surface area contributed by atoms with E-state index in [0.717, 1.165) is 23.4 Å². The number of aryl methyl sites for hydroxylation is 2. The quantitative estimate of drug-likeness (QED) is 0.874. The van der Waals surface area contributed by atoms with Crippen molar-refractivity contribution in [2.45, 2.75) is 26.3 Å². The van der Waals surface area contributed by atoms with Gasteiger partial charge in [0, 0.05) is 18.5 Å². The van der Waals surface area contributed by atoms with Gasteiger partial charge in [-0.3, -0.25) is 4.79 Å². The first-order valence-electron chi connectivity index (χ1n) is 5.90. The number of benzene rings is 1. The van der Waals surface area contributed by atoms with Gasteiger partial charge < -0.3 is 5.11 Å². The van der Waals surface area contributed by atoms with E-state index in [1.165, 1.54) is 0 Å². The van der Waals surface area contributed by atoms with Crippen molar-refractivity contribution >= 4 is 5.97 Å². The van der Waals surface area contributed by atoms with Gasteiger partial charge in [0.05, 0.1) is 11.9 Å². The van der Waals surface area contributed by atoms with Gasteiger partial charge in [0.25, 0.3) is 0 Å². The summed E-state index contributed by atoms with van der Waals surface area (Å²) in [6, 6.07) is 7.85. The number of rotatable bonds is 5. The molecule has 1 aromatic carbocycles. The lowest BCUT2D eigenvalue weighted by Gasteiger charge is -2.04. The predicted molar refractivity (Wildman–Crippen MR) is 67.1 cm³/mol. The summed E-state index contributed by atoms with van der Waals surface area (Å²) in [5.41, 5.74) is 3.04. The van der Waals surface area contributed by atoms with E-state index in [1.807, 2.05) is 35.9 Å². The third-order valence-corrected chi connectivity index (χ3v) is 2.79. The zero-order chi connectivity index (χ0) is 13.0. The van der Waals surface area contributed by atoms with Crippen LogP contribution in [0.2, 0.25) is 0 Å². The van der Waals surface area contributed by atoms with Crippen molar-refractivity contribution in [2.24, 2.45) is 0 Å². The third kappa shape index (κ3) is 2.74. The summed E-state index contributed by atoms with van der Waals surface area (Å²) >= 11 is 0. The summed E-state index contributed by atoms with van der Waals surface area (Å²) in [5.74, 6) is -0.771. The van der Waals surface area contributed by atoms with E-state index in [1.54, 1.807) is 6.20 Å². The van der Waals surface area contributed by atoms with Gasteiger partial charge in [-0.2, -0.15) is 0 Å². The first kappa shape index (κ1) is 12.3. The van der Waals surface area contributed by atoms with E-state index >= 15 is 0 Å². The van der Waals surface area contributed by atoms with E-state index in [4.69, 9.17) is 5.11 Å². The Morgan fingerprint density at radius 2 is 2.06 bits per heavy atom. The molecule has 0 atom stereocenters. The number of carboxylic acids is 1. The molecule has 0 aliphatic carbocycles. The van der Waals surface area contributed by atoms with Crippen LogP contribution in [0.5, 0.6) is 0 Å². The van der Waals surface area contributed by atoms with Crippen molar-refractivity contribution in [3.05, 3.63) is 36.0 Å². The Balaban J connectivity index is 2.14. The largest absolute Gasteiger partial charge is 0.481 e. The summed E-state index contributed by atoms with van der Waals surface area (Å²) in [6.45, 7) is 2.79. The third-order valence-electron chi connectivity index (χ3n) is 2.79. The molecule has 2 rings (SSSR count). The average Bonchev–Trinajstić information content (AvgIpc) is 2.85. The Bertz CT molecular complexity index is 531. The number of nitrogens with zero attached hydrogens (tertiary/aromatic N) is 3. The average molecular weight is 245 g/mol. The second kappa shape index (κ2) is 5.44. The topological polar surface area (TPSA) is 68.0 Å². The van der Waals surface area contributed by atoms with Crippen molar-refractivity contribution in [1.82, 2.24) is 15.0 Å². The SMILES string of the molecule is CCn1nncc1-c1ccc(CCC(=O)O)cc1. The normalized spacial score (nSPS) is 10.5. The van der Waals surface area contributed by atoms with Crippen LogP contribution >= 0.6 is 0 Å². The van der Waals surface area contributed by atoms with Crippen molar-refractivity contribution in [3.63, 3.8) is 0 Å².